The van der Waals surface area contributed by atoms with Crippen LogP contribution < -0.4 is 4.74 Å². The molecule has 0 radical (unpaired) electrons. The molecule has 0 spiro atoms. The van der Waals surface area contributed by atoms with Crippen LogP contribution >= 0.6 is 15.9 Å². The number of benzene rings is 1. The smallest absolute Gasteiger partial charge is 0.337 e. The van der Waals surface area contributed by atoms with Crippen molar-refractivity contribution in [3.05, 3.63) is 51.6 Å². The van der Waals surface area contributed by atoms with E-state index in [-0.39, 0.29) is 5.56 Å². The fraction of sp³-hybridized carbons (Fsp3) is 0.143. The number of halogens is 1. The molecule has 2 aromatic rings. The lowest BCUT2D eigenvalue weighted by Gasteiger charge is -2.09. The summed E-state index contributed by atoms with van der Waals surface area (Å²) in [5, 5.41) is 8.78. The van der Waals surface area contributed by atoms with Gasteiger partial charge in [-0.25, -0.2) is 9.78 Å². The Morgan fingerprint density at radius 2 is 1.89 bits per heavy atom. The maximum atomic E-state index is 10.7. The van der Waals surface area contributed by atoms with Crippen LogP contribution in [0.25, 0.3) is 0 Å². The van der Waals surface area contributed by atoms with Gasteiger partial charge in [-0.2, -0.15) is 0 Å². The highest BCUT2D eigenvalue weighted by Gasteiger charge is 2.07. The summed E-state index contributed by atoms with van der Waals surface area (Å²) in [5.41, 5.74) is 2.27. The molecule has 0 fully saturated rings. The molecule has 5 heteroatoms. The molecule has 1 heterocycles. The predicted molar refractivity (Wildman–Crippen MR) is 74.9 cm³/mol. The number of aromatic nitrogens is 1. The van der Waals surface area contributed by atoms with Crippen LogP contribution in [-0.4, -0.2) is 16.1 Å². The van der Waals surface area contributed by atoms with Gasteiger partial charge in [0.15, 0.2) is 0 Å². The van der Waals surface area contributed by atoms with E-state index in [2.05, 4.69) is 20.9 Å². The first kappa shape index (κ1) is 13.5. The van der Waals surface area contributed by atoms with Gasteiger partial charge in [-0.05, 0) is 43.2 Å². The van der Waals surface area contributed by atoms with Gasteiger partial charge >= 0.3 is 5.97 Å². The Morgan fingerprint density at radius 3 is 2.37 bits per heavy atom. The van der Waals surface area contributed by atoms with Gasteiger partial charge in [0.1, 0.15) is 5.75 Å². The molecule has 19 heavy (non-hydrogen) atoms. The van der Waals surface area contributed by atoms with Crippen LogP contribution in [0, 0.1) is 13.8 Å². The van der Waals surface area contributed by atoms with E-state index in [0.29, 0.717) is 11.6 Å². The maximum absolute atomic E-state index is 10.7. The fourth-order valence-electron chi connectivity index (χ4n) is 1.65. The average Bonchev–Trinajstić information content (AvgIpc) is 2.36. The van der Waals surface area contributed by atoms with Crippen molar-refractivity contribution in [3.63, 3.8) is 0 Å². The lowest BCUT2D eigenvalue weighted by atomic mass is 10.1. The van der Waals surface area contributed by atoms with Crippen LogP contribution in [0.15, 0.2) is 34.9 Å². The third kappa shape index (κ3) is 3.12. The van der Waals surface area contributed by atoms with Crippen LogP contribution in [0.5, 0.6) is 11.6 Å². The Morgan fingerprint density at radius 1 is 1.26 bits per heavy atom. The number of hydrogen-bond acceptors (Lipinski definition) is 3. The summed E-state index contributed by atoms with van der Waals surface area (Å²) in [6.07, 6.45) is 1.27. The van der Waals surface area contributed by atoms with Gasteiger partial charge in [0, 0.05) is 16.7 Å². The standard InChI is InChI=1S/C14H12BrNO3/c1-8-5-11(6-9(2)13(8)15)19-12-4-3-10(7-16-12)14(17)18/h3-7H,1-2H3,(H,17,18). The Bertz CT molecular complexity index is 600. The van der Waals surface area contributed by atoms with Crippen molar-refractivity contribution < 1.29 is 14.6 Å². The highest BCUT2D eigenvalue weighted by Crippen LogP contribution is 2.28. The van der Waals surface area contributed by atoms with Crippen molar-refractivity contribution in [2.75, 3.05) is 0 Å². The van der Waals surface area contributed by atoms with E-state index in [9.17, 15) is 4.79 Å². The van der Waals surface area contributed by atoms with E-state index in [4.69, 9.17) is 9.84 Å². The van der Waals surface area contributed by atoms with Crippen LogP contribution in [0.4, 0.5) is 0 Å². The molecule has 0 bridgehead atoms. The Kier molecular flexibility index (Phi) is 3.85. The van der Waals surface area contributed by atoms with Crippen LogP contribution in [-0.2, 0) is 0 Å². The van der Waals surface area contributed by atoms with Crippen molar-refractivity contribution in [2.24, 2.45) is 0 Å². The quantitative estimate of drug-likeness (QED) is 0.929. The van der Waals surface area contributed by atoms with Crippen molar-refractivity contribution in [1.82, 2.24) is 4.98 Å². The number of hydrogen-bond donors (Lipinski definition) is 1. The Hall–Kier alpha value is -1.88. The van der Waals surface area contributed by atoms with Crippen molar-refractivity contribution >= 4 is 21.9 Å². The van der Waals surface area contributed by atoms with Gasteiger partial charge in [-0.15, -0.1) is 0 Å². The molecule has 0 aliphatic carbocycles. The van der Waals surface area contributed by atoms with E-state index in [0.717, 1.165) is 15.6 Å². The Balaban J connectivity index is 2.24. The number of nitrogens with zero attached hydrogens (tertiary/aromatic N) is 1. The molecule has 1 N–H and O–H groups in total. The molecule has 0 amide bonds. The van der Waals surface area contributed by atoms with E-state index >= 15 is 0 Å². The van der Waals surface area contributed by atoms with Gasteiger partial charge in [-0.1, -0.05) is 15.9 Å². The van der Waals surface area contributed by atoms with Crippen molar-refractivity contribution in [1.29, 1.82) is 0 Å². The van der Waals surface area contributed by atoms with E-state index in [1.54, 1.807) is 0 Å². The highest BCUT2D eigenvalue weighted by molar-refractivity contribution is 9.10. The third-order valence-electron chi connectivity index (χ3n) is 2.62. The number of pyridine rings is 1. The number of aromatic carboxylic acids is 1. The summed E-state index contributed by atoms with van der Waals surface area (Å²) in [6.45, 7) is 3.95. The first-order valence-electron chi connectivity index (χ1n) is 5.61. The molecule has 1 aromatic heterocycles. The lowest BCUT2D eigenvalue weighted by molar-refractivity contribution is 0.0696. The van der Waals surface area contributed by atoms with Crippen molar-refractivity contribution in [2.45, 2.75) is 13.8 Å². The predicted octanol–water partition coefficient (Wildman–Crippen LogP) is 3.95. The van der Waals surface area contributed by atoms with Crippen molar-refractivity contribution in [3.8, 4) is 11.6 Å². The molecule has 98 valence electrons. The molecule has 4 nitrogen and oxygen atoms in total. The zero-order valence-electron chi connectivity index (χ0n) is 10.5. The largest absolute Gasteiger partial charge is 0.478 e. The first-order chi connectivity index (χ1) is 8.97. The SMILES string of the molecule is Cc1cc(Oc2ccc(C(=O)O)cn2)cc(C)c1Br. The van der Waals surface area contributed by atoms with Crippen LogP contribution in [0.2, 0.25) is 0 Å². The second kappa shape index (κ2) is 5.40. The van der Waals surface area contributed by atoms with Gasteiger partial charge in [-0.3, -0.25) is 0 Å². The summed E-state index contributed by atoms with van der Waals surface area (Å²) in [6, 6.07) is 6.78. The minimum atomic E-state index is -1.01. The van der Waals surface area contributed by atoms with E-state index < -0.39 is 5.97 Å². The van der Waals surface area contributed by atoms with Crippen LogP contribution in [0.3, 0.4) is 0 Å². The monoisotopic (exact) mass is 321 g/mol. The molecule has 0 aliphatic rings. The fourth-order valence-corrected chi connectivity index (χ4v) is 1.88. The topological polar surface area (TPSA) is 59.4 Å². The zero-order valence-corrected chi connectivity index (χ0v) is 12.1. The molecule has 0 aliphatic heterocycles. The highest BCUT2D eigenvalue weighted by atomic mass is 79.9. The van der Waals surface area contributed by atoms with Crippen LogP contribution in [0.1, 0.15) is 21.5 Å². The molecule has 2 rings (SSSR count). The first-order valence-corrected chi connectivity index (χ1v) is 6.40. The van der Waals surface area contributed by atoms with Gasteiger partial charge in [0.2, 0.25) is 5.88 Å². The number of carboxylic acid groups (broad SMARTS) is 1. The number of carboxylic acids is 1. The van der Waals surface area contributed by atoms with E-state index in [1.807, 2.05) is 26.0 Å². The second-order valence-corrected chi connectivity index (χ2v) is 4.96. The minimum Gasteiger partial charge on any atom is -0.478 e. The lowest BCUT2D eigenvalue weighted by Crippen LogP contribution is -1.97. The molecule has 0 atom stereocenters. The summed E-state index contributed by atoms with van der Waals surface area (Å²) < 4.78 is 6.65. The zero-order chi connectivity index (χ0) is 14.0. The summed E-state index contributed by atoms with van der Waals surface area (Å²) in [4.78, 5) is 14.7. The average molecular weight is 322 g/mol. The molecule has 0 unspecified atom stereocenters. The summed E-state index contributed by atoms with van der Waals surface area (Å²) in [5.74, 6) is 0.0364. The number of carbonyl (C=O) groups is 1. The Labute approximate surface area is 119 Å². The molecule has 0 saturated heterocycles. The number of rotatable bonds is 3. The van der Waals surface area contributed by atoms with Gasteiger partial charge in [0.05, 0.1) is 5.56 Å². The third-order valence-corrected chi connectivity index (χ3v) is 3.87. The summed E-state index contributed by atoms with van der Waals surface area (Å²) >= 11 is 3.49. The molecular formula is C14H12BrNO3. The molecule has 1 aromatic carbocycles. The maximum Gasteiger partial charge on any atom is 0.337 e. The number of aryl methyl sites for hydroxylation is 2. The second-order valence-electron chi connectivity index (χ2n) is 4.16. The molecule has 0 saturated carbocycles. The normalized spacial score (nSPS) is 10.3. The van der Waals surface area contributed by atoms with Gasteiger partial charge < -0.3 is 9.84 Å². The number of ether oxygens (including phenoxy) is 1. The van der Waals surface area contributed by atoms with Gasteiger partial charge in [0.25, 0.3) is 0 Å². The van der Waals surface area contributed by atoms with E-state index in [1.165, 1.54) is 18.3 Å². The minimum absolute atomic E-state index is 0.135. The summed E-state index contributed by atoms with van der Waals surface area (Å²) in [7, 11) is 0. The molecular weight excluding hydrogens is 310 g/mol.